The van der Waals surface area contributed by atoms with Crippen molar-refractivity contribution < 1.29 is 0 Å². The van der Waals surface area contributed by atoms with E-state index in [0.717, 1.165) is 16.5 Å². The molecule has 19 heavy (non-hydrogen) atoms. The van der Waals surface area contributed by atoms with Crippen molar-refractivity contribution in [2.75, 3.05) is 6.54 Å². The summed E-state index contributed by atoms with van der Waals surface area (Å²) in [5.74, 6) is 0.256. The van der Waals surface area contributed by atoms with E-state index in [-0.39, 0.29) is 5.92 Å². The smallest absolute Gasteiger partial charge is 0.0453 e. The molecule has 2 N–H and O–H groups in total. The zero-order valence-electron chi connectivity index (χ0n) is 10.2. The molecule has 0 bridgehead atoms. The molecule has 1 unspecified atom stereocenters. The summed E-state index contributed by atoms with van der Waals surface area (Å²) in [6.45, 7) is 0.584. The van der Waals surface area contributed by atoms with E-state index in [1.54, 1.807) is 6.07 Å². The molecule has 1 nitrogen and oxygen atoms in total. The van der Waals surface area contributed by atoms with E-state index in [0.29, 0.717) is 16.6 Å². The van der Waals surface area contributed by atoms with Gasteiger partial charge in [0, 0.05) is 20.4 Å². The molecule has 2 aromatic rings. The van der Waals surface area contributed by atoms with Gasteiger partial charge in [-0.3, -0.25) is 0 Å². The molecule has 2 aromatic carbocycles. The van der Waals surface area contributed by atoms with Crippen LogP contribution >= 0.6 is 39.1 Å². The Balaban J connectivity index is 2.21. The number of hydrogen-bond donors (Lipinski definition) is 1. The maximum Gasteiger partial charge on any atom is 0.0453 e. The molecule has 0 amide bonds. The Morgan fingerprint density at radius 3 is 2.32 bits per heavy atom. The SMILES string of the molecule is NCC(Cc1ccc(Cl)cc1Cl)c1ccc(Br)cc1. The Morgan fingerprint density at radius 2 is 1.74 bits per heavy atom. The van der Waals surface area contributed by atoms with Gasteiger partial charge in [0.05, 0.1) is 0 Å². The molecule has 2 rings (SSSR count). The first-order chi connectivity index (χ1) is 9.10. The molecule has 4 heteroatoms. The molecule has 0 saturated carbocycles. The Kier molecular flexibility index (Phi) is 5.28. The summed E-state index contributed by atoms with van der Waals surface area (Å²) < 4.78 is 1.07. The van der Waals surface area contributed by atoms with Crippen molar-refractivity contribution in [3.05, 3.63) is 68.1 Å². The fraction of sp³-hybridized carbons (Fsp3) is 0.200. The van der Waals surface area contributed by atoms with E-state index in [1.165, 1.54) is 5.56 Å². The summed E-state index contributed by atoms with van der Waals surface area (Å²) in [4.78, 5) is 0. The highest BCUT2D eigenvalue weighted by molar-refractivity contribution is 9.10. The fourth-order valence-electron chi connectivity index (χ4n) is 2.02. The van der Waals surface area contributed by atoms with Gasteiger partial charge in [-0.2, -0.15) is 0 Å². The minimum atomic E-state index is 0.256. The zero-order chi connectivity index (χ0) is 13.8. The van der Waals surface area contributed by atoms with Crippen molar-refractivity contribution >= 4 is 39.1 Å². The van der Waals surface area contributed by atoms with E-state index in [2.05, 4.69) is 28.1 Å². The maximum absolute atomic E-state index is 6.21. The third kappa shape index (κ3) is 3.96. The van der Waals surface area contributed by atoms with Gasteiger partial charge < -0.3 is 5.73 Å². The van der Waals surface area contributed by atoms with Crippen molar-refractivity contribution in [2.24, 2.45) is 5.73 Å². The summed E-state index contributed by atoms with van der Waals surface area (Å²) in [5.41, 5.74) is 8.18. The Morgan fingerprint density at radius 1 is 1.05 bits per heavy atom. The van der Waals surface area contributed by atoms with E-state index in [9.17, 15) is 0 Å². The van der Waals surface area contributed by atoms with Crippen LogP contribution in [-0.2, 0) is 6.42 Å². The minimum absolute atomic E-state index is 0.256. The Bertz CT molecular complexity index is 555. The summed E-state index contributed by atoms with van der Waals surface area (Å²) in [6, 6.07) is 13.8. The first-order valence-electron chi connectivity index (χ1n) is 5.99. The normalized spacial score (nSPS) is 12.4. The molecular formula is C15H14BrCl2N. The van der Waals surface area contributed by atoms with Crippen molar-refractivity contribution in [1.82, 2.24) is 0 Å². The lowest BCUT2D eigenvalue weighted by atomic mass is 9.92. The standard InChI is InChI=1S/C15H14BrCl2N/c16-13-4-1-10(2-5-13)12(9-19)7-11-3-6-14(17)8-15(11)18/h1-6,8,12H,7,9,19H2. The molecule has 0 spiro atoms. The molecule has 1 atom stereocenters. The van der Waals surface area contributed by atoms with Gasteiger partial charge in [-0.1, -0.05) is 57.3 Å². The number of halogens is 3. The van der Waals surface area contributed by atoms with Crippen LogP contribution in [0.15, 0.2) is 46.9 Å². The van der Waals surface area contributed by atoms with Crippen LogP contribution < -0.4 is 5.73 Å². The number of rotatable bonds is 4. The summed E-state index contributed by atoms with van der Waals surface area (Å²) in [5, 5.41) is 1.35. The highest BCUT2D eigenvalue weighted by Gasteiger charge is 2.12. The third-order valence-corrected chi connectivity index (χ3v) is 4.22. The van der Waals surface area contributed by atoms with Crippen molar-refractivity contribution in [3.8, 4) is 0 Å². The topological polar surface area (TPSA) is 26.0 Å². The van der Waals surface area contributed by atoms with Crippen LogP contribution in [-0.4, -0.2) is 6.54 Å². The van der Waals surface area contributed by atoms with Gasteiger partial charge in [0.15, 0.2) is 0 Å². The Labute approximate surface area is 131 Å². The molecule has 0 heterocycles. The Hall–Kier alpha value is -0.540. The van der Waals surface area contributed by atoms with Crippen molar-refractivity contribution in [1.29, 1.82) is 0 Å². The molecular weight excluding hydrogens is 345 g/mol. The lowest BCUT2D eigenvalue weighted by Gasteiger charge is -2.16. The van der Waals surface area contributed by atoms with Crippen LogP contribution in [0.5, 0.6) is 0 Å². The first-order valence-corrected chi connectivity index (χ1v) is 7.54. The maximum atomic E-state index is 6.21. The van der Waals surface area contributed by atoms with Crippen LogP contribution in [0.25, 0.3) is 0 Å². The van der Waals surface area contributed by atoms with E-state index >= 15 is 0 Å². The van der Waals surface area contributed by atoms with Crippen LogP contribution in [0.4, 0.5) is 0 Å². The molecule has 0 fully saturated rings. The minimum Gasteiger partial charge on any atom is -0.330 e. The summed E-state index contributed by atoms with van der Waals surface area (Å²) >= 11 is 15.6. The van der Waals surface area contributed by atoms with Crippen LogP contribution in [0.1, 0.15) is 17.0 Å². The lowest BCUT2D eigenvalue weighted by Crippen LogP contribution is -2.15. The number of hydrogen-bond acceptors (Lipinski definition) is 1. The molecule has 0 aliphatic rings. The highest BCUT2D eigenvalue weighted by Crippen LogP contribution is 2.27. The van der Waals surface area contributed by atoms with E-state index < -0.39 is 0 Å². The second-order valence-corrected chi connectivity index (χ2v) is 6.18. The van der Waals surface area contributed by atoms with Crippen molar-refractivity contribution in [3.63, 3.8) is 0 Å². The van der Waals surface area contributed by atoms with Gasteiger partial charge in [0.2, 0.25) is 0 Å². The second kappa shape index (κ2) is 6.76. The lowest BCUT2D eigenvalue weighted by molar-refractivity contribution is 0.694. The van der Waals surface area contributed by atoms with Crippen LogP contribution in [0.2, 0.25) is 10.0 Å². The second-order valence-electron chi connectivity index (χ2n) is 4.42. The number of benzene rings is 2. The average molecular weight is 359 g/mol. The largest absolute Gasteiger partial charge is 0.330 e. The monoisotopic (exact) mass is 357 g/mol. The number of nitrogens with two attached hydrogens (primary N) is 1. The molecule has 0 aliphatic heterocycles. The van der Waals surface area contributed by atoms with Gasteiger partial charge in [-0.05, 0) is 48.4 Å². The summed E-state index contributed by atoms with van der Waals surface area (Å²) in [7, 11) is 0. The average Bonchev–Trinajstić information content (AvgIpc) is 2.39. The molecule has 0 aliphatic carbocycles. The van der Waals surface area contributed by atoms with E-state index in [1.807, 2.05) is 24.3 Å². The van der Waals surface area contributed by atoms with Gasteiger partial charge in [0.25, 0.3) is 0 Å². The fourth-order valence-corrected chi connectivity index (χ4v) is 2.77. The van der Waals surface area contributed by atoms with Crippen LogP contribution in [0.3, 0.4) is 0 Å². The molecule has 0 radical (unpaired) electrons. The van der Waals surface area contributed by atoms with Gasteiger partial charge in [-0.25, -0.2) is 0 Å². The zero-order valence-corrected chi connectivity index (χ0v) is 13.3. The summed E-state index contributed by atoms with van der Waals surface area (Å²) in [6.07, 6.45) is 0.814. The quantitative estimate of drug-likeness (QED) is 0.813. The predicted molar refractivity (Wildman–Crippen MR) is 86.1 cm³/mol. The first kappa shape index (κ1) is 14.9. The predicted octanol–water partition coefficient (Wildman–Crippen LogP) is 5.04. The highest BCUT2D eigenvalue weighted by atomic mass is 79.9. The molecule has 0 saturated heterocycles. The molecule has 0 aromatic heterocycles. The van der Waals surface area contributed by atoms with Crippen molar-refractivity contribution in [2.45, 2.75) is 12.3 Å². The van der Waals surface area contributed by atoms with Gasteiger partial charge in [0.1, 0.15) is 0 Å². The molecule has 100 valence electrons. The van der Waals surface area contributed by atoms with Gasteiger partial charge >= 0.3 is 0 Å². The van der Waals surface area contributed by atoms with E-state index in [4.69, 9.17) is 28.9 Å². The van der Waals surface area contributed by atoms with Gasteiger partial charge in [-0.15, -0.1) is 0 Å². The third-order valence-electron chi connectivity index (χ3n) is 3.11. The van der Waals surface area contributed by atoms with Crippen LogP contribution in [0, 0.1) is 0 Å².